The van der Waals surface area contributed by atoms with Crippen molar-refractivity contribution in [3.05, 3.63) is 42.2 Å². The second kappa shape index (κ2) is 5.75. The topological polar surface area (TPSA) is 67.8 Å². The Labute approximate surface area is 133 Å². The standard InChI is InChI=1S/C16H16N4O3/c21-15-10-20(16-17-4-1-5-18-16)7-6-19(15)9-12-2-3-13-14(8-12)23-11-22-13/h1-5,8H,6-7,9-11H2. The summed E-state index contributed by atoms with van der Waals surface area (Å²) in [6.45, 7) is 2.49. The van der Waals surface area contributed by atoms with E-state index in [0.29, 0.717) is 25.6 Å². The Bertz CT molecular complexity index is 723. The highest BCUT2D eigenvalue weighted by Gasteiger charge is 2.25. The third kappa shape index (κ3) is 2.77. The fourth-order valence-corrected chi connectivity index (χ4v) is 2.76. The van der Waals surface area contributed by atoms with Gasteiger partial charge in [0, 0.05) is 32.0 Å². The molecule has 0 N–H and O–H groups in total. The van der Waals surface area contributed by atoms with Crippen LogP contribution in [-0.2, 0) is 11.3 Å². The van der Waals surface area contributed by atoms with Crippen molar-refractivity contribution in [2.24, 2.45) is 0 Å². The largest absolute Gasteiger partial charge is 0.454 e. The van der Waals surface area contributed by atoms with Gasteiger partial charge in [0.05, 0.1) is 0 Å². The number of fused-ring (bicyclic) bond motifs is 1. The number of rotatable bonds is 3. The Balaban J connectivity index is 1.42. The van der Waals surface area contributed by atoms with Gasteiger partial charge in [-0.2, -0.15) is 0 Å². The number of piperazine rings is 1. The first-order valence-corrected chi connectivity index (χ1v) is 7.48. The lowest BCUT2D eigenvalue weighted by Gasteiger charge is -2.34. The number of carbonyl (C=O) groups excluding carboxylic acids is 1. The number of anilines is 1. The molecule has 23 heavy (non-hydrogen) atoms. The van der Waals surface area contributed by atoms with E-state index in [1.165, 1.54) is 0 Å². The summed E-state index contributed by atoms with van der Waals surface area (Å²) in [5.74, 6) is 2.17. The van der Waals surface area contributed by atoms with Gasteiger partial charge in [-0.05, 0) is 23.8 Å². The van der Waals surface area contributed by atoms with Crippen LogP contribution in [0.25, 0.3) is 0 Å². The van der Waals surface area contributed by atoms with Gasteiger partial charge in [0.1, 0.15) is 6.54 Å². The van der Waals surface area contributed by atoms with E-state index in [1.54, 1.807) is 18.5 Å². The van der Waals surface area contributed by atoms with Crippen molar-refractivity contribution in [1.29, 1.82) is 0 Å². The molecule has 2 aliphatic heterocycles. The Kier molecular flexibility index (Phi) is 3.45. The second-order valence-electron chi connectivity index (χ2n) is 5.47. The SMILES string of the molecule is O=C1CN(c2ncccn2)CCN1Cc1ccc2c(c1)OCO2. The first-order valence-electron chi connectivity index (χ1n) is 7.48. The summed E-state index contributed by atoms with van der Waals surface area (Å²) < 4.78 is 10.7. The number of nitrogens with zero attached hydrogens (tertiary/aromatic N) is 4. The molecule has 0 atom stereocenters. The van der Waals surface area contributed by atoms with Gasteiger partial charge in [0.25, 0.3) is 0 Å². The first-order chi connectivity index (χ1) is 11.3. The smallest absolute Gasteiger partial charge is 0.242 e. The summed E-state index contributed by atoms with van der Waals surface area (Å²) in [7, 11) is 0. The first kappa shape index (κ1) is 13.8. The van der Waals surface area contributed by atoms with Gasteiger partial charge >= 0.3 is 0 Å². The van der Waals surface area contributed by atoms with Crippen molar-refractivity contribution in [2.45, 2.75) is 6.54 Å². The van der Waals surface area contributed by atoms with E-state index in [9.17, 15) is 4.79 Å². The van der Waals surface area contributed by atoms with Crippen LogP contribution >= 0.6 is 0 Å². The molecule has 2 aliphatic rings. The van der Waals surface area contributed by atoms with Crippen LogP contribution in [-0.4, -0.2) is 47.2 Å². The van der Waals surface area contributed by atoms with Gasteiger partial charge in [-0.15, -0.1) is 0 Å². The third-order valence-corrected chi connectivity index (χ3v) is 3.96. The summed E-state index contributed by atoms with van der Waals surface area (Å²) in [5.41, 5.74) is 1.03. The molecule has 7 heteroatoms. The zero-order chi connectivity index (χ0) is 15.6. The fraction of sp³-hybridized carbons (Fsp3) is 0.312. The van der Waals surface area contributed by atoms with E-state index >= 15 is 0 Å². The lowest BCUT2D eigenvalue weighted by atomic mass is 10.1. The highest BCUT2D eigenvalue weighted by molar-refractivity contribution is 5.82. The average Bonchev–Trinajstić information content (AvgIpc) is 3.05. The molecular formula is C16H16N4O3. The lowest BCUT2D eigenvalue weighted by Crippen LogP contribution is -2.50. The molecule has 2 aromatic rings. The van der Waals surface area contributed by atoms with Crippen LogP contribution in [0.3, 0.4) is 0 Å². The van der Waals surface area contributed by atoms with Crippen molar-refractivity contribution in [3.63, 3.8) is 0 Å². The van der Waals surface area contributed by atoms with Crippen molar-refractivity contribution in [2.75, 3.05) is 31.3 Å². The lowest BCUT2D eigenvalue weighted by molar-refractivity contribution is -0.131. The number of ether oxygens (including phenoxy) is 2. The van der Waals surface area contributed by atoms with E-state index in [0.717, 1.165) is 23.6 Å². The number of aromatic nitrogens is 2. The number of benzene rings is 1. The minimum Gasteiger partial charge on any atom is -0.454 e. The molecule has 1 amide bonds. The number of amides is 1. The summed E-state index contributed by atoms with van der Waals surface area (Å²) in [4.78, 5) is 24.5. The molecule has 1 saturated heterocycles. The summed E-state index contributed by atoms with van der Waals surface area (Å²) in [5, 5.41) is 0. The van der Waals surface area contributed by atoms with Crippen molar-refractivity contribution < 1.29 is 14.3 Å². The summed E-state index contributed by atoms with van der Waals surface area (Å²) in [6.07, 6.45) is 3.37. The fourth-order valence-electron chi connectivity index (χ4n) is 2.76. The molecule has 7 nitrogen and oxygen atoms in total. The molecule has 1 aromatic heterocycles. The predicted octanol–water partition coefficient (Wildman–Crippen LogP) is 1.05. The van der Waals surface area contributed by atoms with Gasteiger partial charge in [-0.25, -0.2) is 9.97 Å². The molecule has 4 rings (SSSR count). The third-order valence-electron chi connectivity index (χ3n) is 3.96. The van der Waals surface area contributed by atoms with Crippen molar-refractivity contribution >= 4 is 11.9 Å². The maximum atomic E-state index is 12.4. The monoisotopic (exact) mass is 312 g/mol. The van der Waals surface area contributed by atoms with Crippen LogP contribution in [0.4, 0.5) is 5.95 Å². The van der Waals surface area contributed by atoms with Crippen LogP contribution in [0, 0.1) is 0 Å². The van der Waals surface area contributed by atoms with Crippen LogP contribution < -0.4 is 14.4 Å². The second-order valence-corrected chi connectivity index (χ2v) is 5.47. The molecule has 1 fully saturated rings. The van der Waals surface area contributed by atoms with Crippen LogP contribution in [0.1, 0.15) is 5.56 Å². The summed E-state index contributed by atoms with van der Waals surface area (Å²) in [6, 6.07) is 7.55. The Morgan fingerprint density at radius 3 is 2.74 bits per heavy atom. The quantitative estimate of drug-likeness (QED) is 0.844. The molecule has 0 aliphatic carbocycles. The molecule has 118 valence electrons. The Morgan fingerprint density at radius 1 is 1.09 bits per heavy atom. The van der Waals surface area contributed by atoms with Gasteiger partial charge < -0.3 is 19.3 Å². The van der Waals surface area contributed by atoms with E-state index in [1.807, 2.05) is 28.0 Å². The normalized spacial score (nSPS) is 16.8. The van der Waals surface area contributed by atoms with Crippen molar-refractivity contribution in [1.82, 2.24) is 14.9 Å². The molecule has 0 bridgehead atoms. The number of carbonyl (C=O) groups is 1. The minimum absolute atomic E-state index is 0.0707. The van der Waals surface area contributed by atoms with Crippen molar-refractivity contribution in [3.8, 4) is 11.5 Å². The molecule has 0 saturated carbocycles. The molecular weight excluding hydrogens is 296 g/mol. The van der Waals surface area contributed by atoms with Gasteiger partial charge in [-0.3, -0.25) is 4.79 Å². The Morgan fingerprint density at radius 2 is 1.91 bits per heavy atom. The van der Waals surface area contributed by atoms with Gasteiger partial charge in [0.15, 0.2) is 11.5 Å². The maximum absolute atomic E-state index is 12.4. The van der Waals surface area contributed by atoms with Crippen LogP contribution in [0.15, 0.2) is 36.7 Å². The molecule has 0 radical (unpaired) electrons. The molecule has 1 aromatic carbocycles. The zero-order valence-electron chi connectivity index (χ0n) is 12.5. The van der Waals surface area contributed by atoms with E-state index in [2.05, 4.69) is 9.97 Å². The zero-order valence-corrected chi connectivity index (χ0v) is 12.5. The molecule has 3 heterocycles. The average molecular weight is 312 g/mol. The highest BCUT2D eigenvalue weighted by Crippen LogP contribution is 2.32. The minimum atomic E-state index is 0.0707. The predicted molar refractivity (Wildman–Crippen MR) is 82.2 cm³/mol. The van der Waals surface area contributed by atoms with E-state index < -0.39 is 0 Å². The van der Waals surface area contributed by atoms with E-state index in [-0.39, 0.29) is 12.7 Å². The molecule has 0 spiro atoms. The van der Waals surface area contributed by atoms with Crippen LogP contribution in [0.2, 0.25) is 0 Å². The molecule has 0 unspecified atom stereocenters. The number of hydrogen-bond acceptors (Lipinski definition) is 6. The van der Waals surface area contributed by atoms with Gasteiger partial charge in [0.2, 0.25) is 18.6 Å². The summed E-state index contributed by atoms with van der Waals surface area (Å²) >= 11 is 0. The Hall–Kier alpha value is -2.83. The number of hydrogen-bond donors (Lipinski definition) is 0. The highest BCUT2D eigenvalue weighted by atomic mass is 16.7. The maximum Gasteiger partial charge on any atom is 0.242 e. The van der Waals surface area contributed by atoms with E-state index in [4.69, 9.17) is 9.47 Å². The van der Waals surface area contributed by atoms with Crippen LogP contribution in [0.5, 0.6) is 11.5 Å². The van der Waals surface area contributed by atoms with Gasteiger partial charge in [-0.1, -0.05) is 6.07 Å².